The van der Waals surface area contributed by atoms with Crippen LogP contribution >= 0.6 is 0 Å². The minimum Gasteiger partial charge on any atom is -0.269 e. The fourth-order valence-corrected chi connectivity index (χ4v) is 3.73. The first-order valence-electron chi connectivity index (χ1n) is 7.50. The van der Waals surface area contributed by atoms with Gasteiger partial charge < -0.3 is 0 Å². The Kier molecular flexibility index (Phi) is 11.3. The Labute approximate surface area is 161 Å². The Hall–Kier alpha value is -1.59. The van der Waals surface area contributed by atoms with E-state index in [1.54, 1.807) is 0 Å². The van der Waals surface area contributed by atoms with Gasteiger partial charge in [0.1, 0.15) is 5.75 Å². The van der Waals surface area contributed by atoms with Crippen LogP contribution in [0.1, 0.15) is 32.6 Å². The predicted octanol–water partition coefficient (Wildman–Crippen LogP) is 0.159. The molecule has 0 aromatic carbocycles. The van der Waals surface area contributed by atoms with Gasteiger partial charge in [0, 0.05) is 19.3 Å². The van der Waals surface area contributed by atoms with Gasteiger partial charge >= 0.3 is 10.1 Å². The van der Waals surface area contributed by atoms with E-state index in [9.17, 15) is 25.3 Å². The van der Waals surface area contributed by atoms with Crippen molar-refractivity contribution in [3.05, 3.63) is 0 Å². The zero-order valence-electron chi connectivity index (χ0n) is 14.6. The molecule has 0 aliphatic rings. The minimum absolute atomic E-state index is 0.00473. The van der Waals surface area contributed by atoms with E-state index in [2.05, 4.69) is 32.3 Å². The SMILES string of the molecule is C#CCCCS(=O)(=O)OOS(=O)(=O)CC#CCCOS(=O)(=O)C(C)CC#C. The van der Waals surface area contributed by atoms with Gasteiger partial charge in [0.2, 0.25) is 0 Å². The highest BCUT2D eigenvalue weighted by atomic mass is 32.2. The molecule has 0 fully saturated rings. The molecule has 0 aromatic heterocycles. The number of unbranched alkanes of at least 4 members (excludes halogenated alkanes) is 1. The fraction of sp³-hybridized carbons (Fsp3) is 0.600. The van der Waals surface area contributed by atoms with Gasteiger partial charge in [-0.15, -0.1) is 24.7 Å². The molecule has 0 N–H and O–H groups in total. The van der Waals surface area contributed by atoms with Crippen molar-refractivity contribution < 1.29 is 38.1 Å². The summed E-state index contributed by atoms with van der Waals surface area (Å²) in [6, 6.07) is 0. The van der Waals surface area contributed by atoms with E-state index in [1.807, 2.05) is 0 Å². The van der Waals surface area contributed by atoms with Crippen molar-refractivity contribution in [2.24, 2.45) is 0 Å². The lowest BCUT2D eigenvalue weighted by Crippen LogP contribution is -2.20. The molecule has 1 atom stereocenters. The standard InChI is InChI=1S/C15H20O9S3/c1-4-6-9-13-25(16,17)23-24-26(18,19)14-10-7-8-12-22-27(20,21)15(3)11-5-2/h1-2,15H,6,8-9,11-14H2,3H3. The molecule has 0 heterocycles. The molecule has 12 heteroatoms. The highest BCUT2D eigenvalue weighted by Crippen LogP contribution is 2.07. The number of terminal acetylenes is 2. The third-order valence-corrected chi connectivity index (χ3v) is 6.27. The second-order valence-corrected chi connectivity index (χ2v) is 10.3. The van der Waals surface area contributed by atoms with Gasteiger partial charge in [-0.05, 0) is 13.3 Å². The van der Waals surface area contributed by atoms with Crippen molar-refractivity contribution in [2.45, 2.75) is 37.9 Å². The first-order chi connectivity index (χ1) is 12.5. The molecule has 0 spiro atoms. The zero-order chi connectivity index (χ0) is 21.0. The lowest BCUT2D eigenvalue weighted by molar-refractivity contribution is -0.0845. The van der Waals surface area contributed by atoms with Gasteiger partial charge in [-0.3, -0.25) is 4.18 Å². The van der Waals surface area contributed by atoms with Crippen LogP contribution in [0.2, 0.25) is 0 Å². The quantitative estimate of drug-likeness (QED) is 0.137. The molecule has 152 valence electrons. The topological polar surface area (TPSA) is 130 Å². The second kappa shape index (κ2) is 12.0. The average Bonchev–Trinajstić information content (AvgIpc) is 2.57. The maximum atomic E-state index is 11.6. The monoisotopic (exact) mass is 440 g/mol. The molecule has 0 aliphatic carbocycles. The molecule has 0 aromatic rings. The van der Waals surface area contributed by atoms with Crippen LogP contribution < -0.4 is 0 Å². The van der Waals surface area contributed by atoms with Gasteiger partial charge in [0.15, 0.2) is 0 Å². The van der Waals surface area contributed by atoms with E-state index in [1.165, 1.54) is 6.92 Å². The summed E-state index contributed by atoms with van der Waals surface area (Å²) < 4.78 is 81.5. The van der Waals surface area contributed by atoms with Crippen LogP contribution in [-0.4, -0.2) is 48.6 Å². The maximum Gasteiger partial charge on any atom is 0.305 e. The van der Waals surface area contributed by atoms with Crippen molar-refractivity contribution >= 4 is 30.4 Å². The summed E-state index contributed by atoms with van der Waals surface area (Å²) in [7, 11) is -12.4. The van der Waals surface area contributed by atoms with E-state index < -0.39 is 47.1 Å². The minimum atomic E-state index is -4.38. The largest absolute Gasteiger partial charge is 0.305 e. The molecule has 0 aliphatic heterocycles. The second-order valence-electron chi connectivity index (χ2n) is 5.04. The Morgan fingerprint density at radius 3 is 2.11 bits per heavy atom. The predicted molar refractivity (Wildman–Crippen MR) is 98.0 cm³/mol. The Morgan fingerprint density at radius 2 is 1.52 bits per heavy atom. The van der Waals surface area contributed by atoms with Gasteiger partial charge in [0.25, 0.3) is 20.2 Å². The third-order valence-electron chi connectivity index (χ3n) is 2.70. The van der Waals surface area contributed by atoms with Crippen LogP contribution in [0, 0.1) is 36.5 Å². The summed E-state index contributed by atoms with van der Waals surface area (Å²) in [5, 5.41) is -0.871. The van der Waals surface area contributed by atoms with E-state index in [4.69, 9.17) is 17.0 Å². The molecular weight excluding hydrogens is 420 g/mol. The van der Waals surface area contributed by atoms with Crippen molar-refractivity contribution in [1.82, 2.24) is 0 Å². The van der Waals surface area contributed by atoms with Crippen molar-refractivity contribution in [3.8, 4) is 36.5 Å². The summed E-state index contributed by atoms with van der Waals surface area (Å²) in [5.74, 6) is 7.62. The molecule has 0 saturated heterocycles. The molecule has 0 saturated carbocycles. The highest BCUT2D eigenvalue weighted by Gasteiger charge is 2.20. The third kappa shape index (κ3) is 12.4. The van der Waals surface area contributed by atoms with Crippen LogP contribution in [0.3, 0.4) is 0 Å². The summed E-state index contributed by atoms with van der Waals surface area (Å²) in [6.07, 6.45) is 10.2. The van der Waals surface area contributed by atoms with Crippen LogP contribution in [0.4, 0.5) is 0 Å². The first-order valence-corrected chi connectivity index (χ1v) is 12.1. The molecular formula is C15H20O9S3. The summed E-state index contributed by atoms with van der Waals surface area (Å²) in [4.78, 5) is 0. The summed E-state index contributed by atoms with van der Waals surface area (Å²) in [6.45, 7) is 1.11. The summed E-state index contributed by atoms with van der Waals surface area (Å²) >= 11 is 0. The zero-order valence-corrected chi connectivity index (χ0v) is 17.0. The Balaban J connectivity index is 4.34. The number of rotatable bonds is 12. The van der Waals surface area contributed by atoms with Crippen LogP contribution in [-0.2, 0) is 43.2 Å². The van der Waals surface area contributed by atoms with Gasteiger partial charge in [-0.25, -0.2) is 0 Å². The molecule has 27 heavy (non-hydrogen) atoms. The molecule has 0 rings (SSSR count). The van der Waals surface area contributed by atoms with Gasteiger partial charge in [-0.1, -0.05) is 20.5 Å². The van der Waals surface area contributed by atoms with Gasteiger partial charge in [0.05, 0.1) is 17.6 Å². The fourth-order valence-electron chi connectivity index (χ4n) is 1.31. The van der Waals surface area contributed by atoms with Crippen molar-refractivity contribution in [3.63, 3.8) is 0 Å². The lowest BCUT2D eigenvalue weighted by Gasteiger charge is -2.08. The van der Waals surface area contributed by atoms with Crippen LogP contribution in [0.15, 0.2) is 0 Å². The van der Waals surface area contributed by atoms with E-state index in [-0.39, 0.29) is 32.3 Å². The van der Waals surface area contributed by atoms with Gasteiger partial charge in [-0.2, -0.15) is 25.3 Å². The van der Waals surface area contributed by atoms with E-state index >= 15 is 0 Å². The first kappa shape index (κ1) is 25.4. The highest BCUT2D eigenvalue weighted by molar-refractivity contribution is 7.89. The van der Waals surface area contributed by atoms with E-state index in [0.29, 0.717) is 0 Å². The Bertz CT molecular complexity index is 921. The lowest BCUT2D eigenvalue weighted by atomic mass is 10.3. The number of hydrogen-bond donors (Lipinski definition) is 0. The summed E-state index contributed by atoms with van der Waals surface area (Å²) in [5.41, 5.74) is 0. The number of hydrogen-bond acceptors (Lipinski definition) is 9. The normalized spacial score (nSPS) is 13.0. The molecule has 9 nitrogen and oxygen atoms in total. The van der Waals surface area contributed by atoms with Crippen LogP contribution in [0.5, 0.6) is 0 Å². The Morgan fingerprint density at radius 1 is 0.889 bits per heavy atom. The molecule has 0 radical (unpaired) electrons. The van der Waals surface area contributed by atoms with Crippen molar-refractivity contribution in [2.75, 3.05) is 18.1 Å². The maximum absolute atomic E-state index is 11.6. The smallest absolute Gasteiger partial charge is 0.269 e. The van der Waals surface area contributed by atoms with E-state index in [0.717, 1.165) is 0 Å². The van der Waals surface area contributed by atoms with Crippen LogP contribution in [0.25, 0.3) is 0 Å². The average molecular weight is 441 g/mol. The van der Waals surface area contributed by atoms with Crippen molar-refractivity contribution in [1.29, 1.82) is 0 Å². The molecule has 1 unspecified atom stereocenters. The molecule has 0 bridgehead atoms. The molecule has 0 amide bonds.